The number of Topliss-reactive ketones (excluding diaryl/α,β-unsaturated/α-hetero) is 1. The average molecular weight is 376 g/mol. The van der Waals surface area contributed by atoms with Crippen molar-refractivity contribution in [1.82, 2.24) is 5.32 Å². The van der Waals surface area contributed by atoms with Gasteiger partial charge in [-0.2, -0.15) is 15.8 Å². The highest BCUT2D eigenvalue weighted by molar-refractivity contribution is 6.39. The zero-order valence-corrected chi connectivity index (χ0v) is 15.4. The van der Waals surface area contributed by atoms with E-state index in [9.17, 15) is 4.79 Å². The Balaban J connectivity index is 3.15. The van der Waals surface area contributed by atoms with Crippen molar-refractivity contribution in [2.75, 3.05) is 11.9 Å². The summed E-state index contributed by atoms with van der Waals surface area (Å²) in [6.07, 6.45) is 0. The molecule has 0 aromatic heterocycles. The Hall–Kier alpha value is -2.56. The van der Waals surface area contributed by atoms with Crippen molar-refractivity contribution >= 4 is 34.7 Å². The molecule has 0 aliphatic heterocycles. The van der Waals surface area contributed by atoms with Crippen molar-refractivity contribution in [2.24, 2.45) is 0 Å². The number of nitriles is 3. The third-order valence-corrected chi connectivity index (χ3v) is 3.57. The summed E-state index contributed by atoms with van der Waals surface area (Å²) in [6, 6.07) is 7.75. The molecule has 0 amide bonds. The molecule has 0 fully saturated rings. The number of carbonyl (C=O) groups excluding carboxylic acids is 1. The van der Waals surface area contributed by atoms with Gasteiger partial charge in [0.1, 0.15) is 23.9 Å². The number of ketones is 1. The van der Waals surface area contributed by atoms with Crippen LogP contribution in [-0.4, -0.2) is 17.9 Å². The van der Waals surface area contributed by atoms with Crippen LogP contribution in [0.4, 0.5) is 5.69 Å². The number of carbonyl (C=O) groups is 1. The molecule has 0 spiro atoms. The van der Waals surface area contributed by atoms with Gasteiger partial charge in [0, 0.05) is 11.1 Å². The molecule has 0 bridgehead atoms. The van der Waals surface area contributed by atoms with Crippen molar-refractivity contribution in [2.45, 2.75) is 26.3 Å². The number of rotatable bonds is 5. The Bertz CT molecular complexity index is 809. The summed E-state index contributed by atoms with van der Waals surface area (Å²) in [5, 5.41) is 32.6. The minimum Gasteiger partial charge on any atom is -0.343 e. The molecular weight excluding hydrogens is 361 g/mol. The van der Waals surface area contributed by atoms with E-state index in [1.165, 1.54) is 12.1 Å². The van der Waals surface area contributed by atoms with E-state index in [1.807, 2.05) is 20.8 Å². The SMILES string of the molecule is CC(C)(C)NCC(=O)c1cc(Cl)c(NC(C#N)=C(C#N)C#N)c(Cl)c1. The Morgan fingerprint density at radius 3 is 2.00 bits per heavy atom. The molecule has 0 atom stereocenters. The van der Waals surface area contributed by atoms with E-state index in [-0.39, 0.29) is 39.3 Å². The number of hydrogen-bond acceptors (Lipinski definition) is 6. The smallest absolute Gasteiger partial charge is 0.176 e. The lowest BCUT2D eigenvalue weighted by Crippen LogP contribution is -2.39. The highest BCUT2D eigenvalue weighted by Crippen LogP contribution is 2.33. The summed E-state index contributed by atoms with van der Waals surface area (Å²) in [4.78, 5) is 12.2. The lowest BCUT2D eigenvalue weighted by Gasteiger charge is -2.20. The number of anilines is 1. The highest BCUT2D eigenvalue weighted by Gasteiger charge is 2.17. The first-order valence-electron chi connectivity index (χ1n) is 7.11. The zero-order valence-electron chi connectivity index (χ0n) is 13.9. The van der Waals surface area contributed by atoms with Crippen molar-refractivity contribution in [1.29, 1.82) is 15.8 Å². The molecule has 0 aliphatic rings. The summed E-state index contributed by atoms with van der Waals surface area (Å²) in [7, 11) is 0. The standard InChI is InChI=1S/C17H15Cl2N5O/c1-17(2,3)23-9-15(25)10-4-12(18)16(13(19)5-10)24-14(8-22)11(6-20)7-21/h4-5,23-24H,9H2,1-3H3. The monoisotopic (exact) mass is 375 g/mol. The maximum atomic E-state index is 12.2. The molecule has 6 nitrogen and oxygen atoms in total. The van der Waals surface area contributed by atoms with E-state index in [0.717, 1.165) is 0 Å². The number of nitrogens with one attached hydrogen (secondary N) is 2. The average Bonchev–Trinajstić information content (AvgIpc) is 2.54. The lowest BCUT2D eigenvalue weighted by atomic mass is 10.1. The molecule has 0 heterocycles. The van der Waals surface area contributed by atoms with Gasteiger partial charge in [0.15, 0.2) is 11.4 Å². The van der Waals surface area contributed by atoms with Crippen LogP contribution in [0, 0.1) is 34.0 Å². The molecule has 2 N–H and O–H groups in total. The summed E-state index contributed by atoms with van der Waals surface area (Å²) >= 11 is 12.3. The van der Waals surface area contributed by atoms with Gasteiger partial charge in [0.25, 0.3) is 0 Å². The van der Waals surface area contributed by atoms with Gasteiger partial charge >= 0.3 is 0 Å². The van der Waals surface area contributed by atoms with E-state index in [2.05, 4.69) is 10.6 Å². The van der Waals surface area contributed by atoms with Gasteiger partial charge in [-0.05, 0) is 32.9 Å². The molecule has 1 rings (SSSR count). The molecule has 0 aliphatic carbocycles. The molecular formula is C17H15Cl2N5O. The van der Waals surface area contributed by atoms with Gasteiger partial charge < -0.3 is 10.6 Å². The maximum absolute atomic E-state index is 12.2. The van der Waals surface area contributed by atoms with E-state index in [1.54, 1.807) is 18.2 Å². The number of hydrogen-bond donors (Lipinski definition) is 2. The van der Waals surface area contributed by atoms with Gasteiger partial charge in [-0.15, -0.1) is 0 Å². The molecule has 25 heavy (non-hydrogen) atoms. The Labute approximate surface area is 156 Å². The summed E-state index contributed by atoms with van der Waals surface area (Å²) in [5.74, 6) is -0.198. The van der Waals surface area contributed by atoms with Crippen LogP contribution in [0.2, 0.25) is 10.0 Å². The first kappa shape index (κ1) is 20.5. The fourth-order valence-electron chi connectivity index (χ4n) is 1.71. The third-order valence-electron chi connectivity index (χ3n) is 2.98. The summed E-state index contributed by atoms with van der Waals surface area (Å²) in [6.45, 7) is 5.92. The van der Waals surface area contributed by atoms with Crippen LogP contribution in [0.3, 0.4) is 0 Å². The van der Waals surface area contributed by atoms with Crippen LogP contribution >= 0.6 is 23.2 Å². The van der Waals surface area contributed by atoms with E-state index in [4.69, 9.17) is 39.0 Å². The van der Waals surface area contributed by atoms with Crippen molar-refractivity contribution < 1.29 is 4.79 Å². The highest BCUT2D eigenvalue weighted by atomic mass is 35.5. The van der Waals surface area contributed by atoms with Crippen molar-refractivity contribution in [3.05, 3.63) is 39.0 Å². The molecule has 8 heteroatoms. The molecule has 0 radical (unpaired) electrons. The van der Waals surface area contributed by atoms with Crippen molar-refractivity contribution in [3.8, 4) is 18.2 Å². The summed E-state index contributed by atoms with van der Waals surface area (Å²) < 4.78 is 0. The molecule has 0 unspecified atom stereocenters. The second-order valence-corrected chi connectivity index (χ2v) is 6.87. The fraction of sp³-hybridized carbons (Fsp3) is 0.294. The number of benzene rings is 1. The summed E-state index contributed by atoms with van der Waals surface area (Å²) in [5.41, 5.74) is -0.447. The predicted molar refractivity (Wildman–Crippen MR) is 96.0 cm³/mol. The Kier molecular flexibility index (Phi) is 6.97. The van der Waals surface area contributed by atoms with Crippen LogP contribution in [0.5, 0.6) is 0 Å². The van der Waals surface area contributed by atoms with Gasteiger partial charge in [-0.25, -0.2) is 0 Å². The topological polar surface area (TPSA) is 112 Å². The van der Waals surface area contributed by atoms with Crippen LogP contribution in [-0.2, 0) is 0 Å². The normalized spacial score (nSPS) is 10.2. The quantitative estimate of drug-likeness (QED) is 0.597. The molecule has 0 saturated heterocycles. The Morgan fingerprint density at radius 1 is 1.08 bits per heavy atom. The third kappa shape index (κ3) is 5.78. The predicted octanol–water partition coefficient (Wildman–Crippen LogP) is 3.80. The first-order chi connectivity index (χ1) is 11.6. The van der Waals surface area contributed by atoms with Gasteiger partial charge in [-0.1, -0.05) is 23.2 Å². The number of halogens is 2. The number of allylic oxidation sites excluding steroid dienone is 2. The van der Waals surface area contributed by atoms with Crippen LogP contribution < -0.4 is 10.6 Å². The molecule has 1 aromatic carbocycles. The minimum absolute atomic E-state index is 0.0922. The number of nitrogens with zero attached hydrogens (tertiary/aromatic N) is 3. The van der Waals surface area contributed by atoms with Crippen LogP contribution in [0.25, 0.3) is 0 Å². The van der Waals surface area contributed by atoms with Crippen molar-refractivity contribution in [3.63, 3.8) is 0 Å². The molecule has 1 aromatic rings. The van der Waals surface area contributed by atoms with E-state index >= 15 is 0 Å². The van der Waals surface area contributed by atoms with Crippen LogP contribution in [0.15, 0.2) is 23.4 Å². The fourth-order valence-corrected chi connectivity index (χ4v) is 2.29. The zero-order chi connectivity index (χ0) is 19.2. The lowest BCUT2D eigenvalue weighted by molar-refractivity contribution is 0.0982. The largest absolute Gasteiger partial charge is 0.343 e. The van der Waals surface area contributed by atoms with Gasteiger partial charge in [-0.3, -0.25) is 4.79 Å². The van der Waals surface area contributed by atoms with Gasteiger partial charge in [0.2, 0.25) is 0 Å². The maximum Gasteiger partial charge on any atom is 0.176 e. The Morgan fingerprint density at radius 2 is 1.60 bits per heavy atom. The minimum atomic E-state index is -0.399. The first-order valence-corrected chi connectivity index (χ1v) is 7.87. The second-order valence-electron chi connectivity index (χ2n) is 6.05. The molecule has 128 valence electrons. The van der Waals surface area contributed by atoms with E-state index < -0.39 is 5.57 Å². The van der Waals surface area contributed by atoms with Gasteiger partial charge in [0.05, 0.1) is 22.3 Å². The van der Waals surface area contributed by atoms with Crippen LogP contribution in [0.1, 0.15) is 31.1 Å². The second kappa shape index (κ2) is 8.51. The molecule has 0 saturated carbocycles. The van der Waals surface area contributed by atoms with E-state index in [0.29, 0.717) is 5.56 Å².